The Morgan fingerprint density at radius 2 is 2.00 bits per heavy atom. The molecule has 4 N–H and O–H groups in total. The van der Waals surface area contributed by atoms with Crippen molar-refractivity contribution >= 4 is 13.0 Å². The fourth-order valence-corrected chi connectivity index (χ4v) is 1.17. The van der Waals surface area contributed by atoms with Crippen LogP contribution in [0.3, 0.4) is 0 Å². The van der Waals surface area contributed by atoms with E-state index in [9.17, 15) is 4.79 Å². The molecule has 0 aliphatic carbocycles. The van der Waals surface area contributed by atoms with Crippen molar-refractivity contribution in [2.24, 2.45) is 11.7 Å². The van der Waals surface area contributed by atoms with E-state index in [2.05, 4.69) is 0 Å². The minimum absolute atomic E-state index is 0.0375. The molecule has 1 atom stereocenters. The van der Waals surface area contributed by atoms with E-state index >= 15 is 0 Å². The smallest absolute Gasteiger partial charge is 0.427 e. The fourth-order valence-electron chi connectivity index (χ4n) is 1.17. The highest BCUT2D eigenvalue weighted by Crippen LogP contribution is 2.21. The van der Waals surface area contributed by atoms with Gasteiger partial charge >= 0.3 is 7.12 Å². The van der Waals surface area contributed by atoms with Crippen LogP contribution >= 0.6 is 0 Å². The predicted octanol–water partition coefficient (Wildman–Crippen LogP) is -0.249. The van der Waals surface area contributed by atoms with Crippen LogP contribution in [0.1, 0.15) is 26.7 Å². The van der Waals surface area contributed by atoms with E-state index in [1.54, 1.807) is 0 Å². The van der Waals surface area contributed by atoms with Crippen molar-refractivity contribution in [2.45, 2.75) is 32.5 Å². The van der Waals surface area contributed by atoms with Crippen molar-refractivity contribution in [3.8, 4) is 0 Å². The van der Waals surface area contributed by atoms with Gasteiger partial charge in [0.2, 0.25) is 5.91 Å². The highest BCUT2D eigenvalue weighted by atomic mass is 16.4. The summed E-state index contributed by atoms with van der Waals surface area (Å²) >= 11 is 0. The summed E-state index contributed by atoms with van der Waals surface area (Å²) in [6.07, 6.45) is 0.635. The normalized spacial score (nSPS) is 13.1. The zero-order valence-electron chi connectivity index (χ0n) is 7.53. The summed E-state index contributed by atoms with van der Waals surface area (Å²) in [6.45, 7) is 3.91. The van der Waals surface area contributed by atoms with E-state index in [-0.39, 0.29) is 6.42 Å². The summed E-state index contributed by atoms with van der Waals surface area (Å²) in [5, 5.41) is 17.7. The van der Waals surface area contributed by atoms with Crippen LogP contribution in [0.15, 0.2) is 0 Å². The fraction of sp³-hybridized carbons (Fsp3) is 0.857. The zero-order chi connectivity index (χ0) is 9.72. The highest BCUT2D eigenvalue weighted by molar-refractivity contribution is 6.43. The van der Waals surface area contributed by atoms with Crippen molar-refractivity contribution in [3.63, 3.8) is 0 Å². The Bertz CT molecular complexity index is 150. The SMILES string of the molecule is CC(C)C[C@H](CC(N)=O)B(O)O. The van der Waals surface area contributed by atoms with Crippen LogP contribution in [0.25, 0.3) is 0 Å². The van der Waals surface area contributed by atoms with Crippen LogP contribution < -0.4 is 5.73 Å². The lowest BCUT2D eigenvalue weighted by Gasteiger charge is -2.15. The van der Waals surface area contributed by atoms with Gasteiger partial charge in [-0.3, -0.25) is 4.79 Å². The summed E-state index contributed by atoms with van der Waals surface area (Å²) in [4.78, 5) is 10.5. The zero-order valence-corrected chi connectivity index (χ0v) is 7.53. The van der Waals surface area contributed by atoms with Crippen LogP contribution in [0.2, 0.25) is 5.82 Å². The standard InChI is InChI=1S/C7H16BNO3/c1-5(2)3-6(8(11)12)4-7(9)10/h5-6,11-12H,3-4H2,1-2H3,(H2,9,10)/t6-/m1/s1. The Balaban J connectivity index is 3.95. The summed E-state index contributed by atoms with van der Waals surface area (Å²) in [7, 11) is -1.44. The molecule has 0 rings (SSSR count). The molecule has 0 aromatic carbocycles. The first kappa shape index (κ1) is 11.5. The second-order valence-electron chi connectivity index (χ2n) is 3.47. The molecule has 5 heteroatoms. The maximum Gasteiger partial charge on any atom is 0.455 e. The molecule has 70 valence electrons. The number of primary amides is 1. The highest BCUT2D eigenvalue weighted by Gasteiger charge is 2.25. The van der Waals surface area contributed by atoms with Crippen molar-refractivity contribution in [1.82, 2.24) is 0 Å². The van der Waals surface area contributed by atoms with Crippen LogP contribution in [-0.2, 0) is 4.79 Å². The van der Waals surface area contributed by atoms with Gasteiger partial charge in [-0.05, 0) is 12.3 Å². The van der Waals surface area contributed by atoms with Gasteiger partial charge in [-0.1, -0.05) is 13.8 Å². The molecule has 0 spiro atoms. The number of carbonyl (C=O) groups is 1. The lowest BCUT2D eigenvalue weighted by molar-refractivity contribution is -0.118. The molecule has 1 amide bonds. The van der Waals surface area contributed by atoms with E-state index in [4.69, 9.17) is 15.8 Å². The van der Waals surface area contributed by atoms with Gasteiger partial charge in [0.05, 0.1) is 0 Å². The minimum Gasteiger partial charge on any atom is -0.427 e. The molecule has 0 aliphatic rings. The second-order valence-corrected chi connectivity index (χ2v) is 3.47. The second kappa shape index (κ2) is 5.16. The first-order valence-electron chi connectivity index (χ1n) is 4.08. The van der Waals surface area contributed by atoms with Crippen molar-refractivity contribution in [2.75, 3.05) is 0 Å². The van der Waals surface area contributed by atoms with Crippen molar-refractivity contribution < 1.29 is 14.8 Å². The van der Waals surface area contributed by atoms with Crippen LogP contribution in [0.4, 0.5) is 0 Å². The summed E-state index contributed by atoms with van der Waals surface area (Å²) in [6, 6.07) is 0. The van der Waals surface area contributed by atoms with Crippen LogP contribution in [0, 0.1) is 5.92 Å². The number of nitrogens with two attached hydrogens (primary N) is 1. The van der Waals surface area contributed by atoms with Gasteiger partial charge in [-0.25, -0.2) is 0 Å². The lowest BCUT2D eigenvalue weighted by atomic mass is 9.67. The molecule has 0 saturated carbocycles. The monoisotopic (exact) mass is 173 g/mol. The molecule has 0 unspecified atom stereocenters. The molecular formula is C7H16BNO3. The molecule has 0 saturated heterocycles. The van der Waals surface area contributed by atoms with Gasteiger partial charge in [0.15, 0.2) is 0 Å². The van der Waals surface area contributed by atoms with Crippen LogP contribution in [0.5, 0.6) is 0 Å². The third-order valence-corrected chi connectivity index (χ3v) is 1.66. The number of hydrogen-bond donors (Lipinski definition) is 3. The van der Waals surface area contributed by atoms with E-state index < -0.39 is 18.8 Å². The van der Waals surface area contributed by atoms with Crippen molar-refractivity contribution in [1.29, 1.82) is 0 Å². The maximum absolute atomic E-state index is 10.5. The van der Waals surface area contributed by atoms with E-state index in [1.807, 2.05) is 13.8 Å². The Labute approximate surface area is 72.9 Å². The number of hydrogen-bond acceptors (Lipinski definition) is 3. The topological polar surface area (TPSA) is 83.6 Å². The first-order valence-corrected chi connectivity index (χ1v) is 4.08. The molecule has 0 bridgehead atoms. The van der Waals surface area contributed by atoms with Gasteiger partial charge in [-0.15, -0.1) is 0 Å². The summed E-state index contributed by atoms with van der Waals surface area (Å²) in [5.74, 6) is -0.590. The average molecular weight is 173 g/mol. The van der Waals surface area contributed by atoms with E-state index in [0.717, 1.165) is 0 Å². The van der Waals surface area contributed by atoms with E-state index in [1.165, 1.54) is 0 Å². The summed E-state index contributed by atoms with van der Waals surface area (Å²) < 4.78 is 0. The molecule has 12 heavy (non-hydrogen) atoms. The molecule has 0 aliphatic heterocycles. The summed E-state index contributed by atoms with van der Waals surface area (Å²) in [5.41, 5.74) is 4.95. The third kappa shape index (κ3) is 5.15. The molecule has 0 heterocycles. The molecule has 0 radical (unpaired) electrons. The largest absolute Gasteiger partial charge is 0.455 e. The van der Waals surface area contributed by atoms with Crippen LogP contribution in [-0.4, -0.2) is 23.1 Å². The van der Waals surface area contributed by atoms with Gasteiger partial charge in [-0.2, -0.15) is 0 Å². The predicted molar refractivity (Wildman–Crippen MR) is 47.2 cm³/mol. The Kier molecular flexibility index (Phi) is 4.93. The molecule has 0 fully saturated rings. The minimum atomic E-state index is -1.44. The Morgan fingerprint density at radius 3 is 2.25 bits per heavy atom. The molecule has 4 nitrogen and oxygen atoms in total. The van der Waals surface area contributed by atoms with Crippen molar-refractivity contribution in [3.05, 3.63) is 0 Å². The van der Waals surface area contributed by atoms with Gasteiger partial charge in [0, 0.05) is 12.2 Å². The lowest BCUT2D eigenvalue weighted by Crippen LogP contribution is -2.26. The number of rotatable bonds is 5. The van der Waals surface area contributed by atoms with E-state index in [0.29, 0.717) is 12.3 Å². The molecule has 0 aromatic heterocycles. The number of amides is 1. The Morgan fingerprint density at radius 1 is 1.50 bits per heavy atom. The number of carbonyl (C=O) groups excluding carboxylic acids is 1. The maximum atomic E-state index is 10.5. The Hall–Kier alpha value is -0.545. The van der Waals surface area contributed by atoms with Gasteiger partial charge < -0.3 is 15.8 Å². The first-order chi connectivity index (χ1) is 5.43. The molecular weight excluding hydrogens is 157 g/mol. The molecule has 0 aromatic rings. The van der Waals surface area contributed by atoms with Gasteiger partial charge in [0.1, 0.15) is 0 Å². The average Bonchev–Trinajstić information content (AvgIpc) is 1.83. The quantitative estimate of drug-likeness (QED) is 0.501. The van der Waals surface area contributed by atoms with Gasteiger partial charge in [0.25, 0.3) is 0 Å². The third-order valence-electron chi connectivity index (χ3n) is 1.66.